The van der Waals surface area contributed by atoms with Crippen molar-refractivity contribution >= 4 is 5.69 Å². The molecule has 13 heavy (non-hydrogen) atoms. The van der Waals surface area contributed by atoms with Crippen LogP contribution in [-0.4, -0.2) is 0 Å². The Morgan fingerprint density at radius 1 is 1.46 bits per heavy atom. The van der Waals surface area contributed by atoms with E-state index < -0.39 is 0 Å². The van der Waals surface area contributed by atoms with Gasteiger partial charge >= 0.3 is 32.7 Å². The Bertz CT molecular complexity index is 334. The number of rotatable bonds is 0. The van der Waals surface area contributed by atoms with E-state index in [0.717, 1.165) is 12.2 Å². The van der Waals surface area contributed by atoms with Gasteiger partial charge in [0.25, 0.3) is 0 Å². The molecule has 2 rings (SSSR count). The minimum atomic E-state index is 0. The standard InChI is InChI=1S/C10H13N2.Y/c1-6-3-8-4-12-5-9(8)7(2)10(6)11;/h3,5,12H,4,11H2,1-2H3;/q-1;+3. The van der Waals surface area contributed by atoms with Crippen LogP contribution in [0.1, 0.15) is 22.3 Å². The normalized spacial score (nSPS) is 13.1. The molecule has 0 saturated heterocycles. The van der Waals surface area contributed by atoms with Crippen molar-refractivity contribution in [2.75, 3.05) is 5.73 Å². The van der Waals surface area contributed by atoms with Crippen molar-refractivity contribution in [2.24, 2.45) is 0 Å². The second-order valence-electron chi connectivity index (χ2n) is 3.33. The van der Waals surface area contributed by atoms with Crippen molar-refractivity contribution in [1.82, 2.24) is 5.32 Å². The summed E-state index contributed by atoms with van der Waals surface area (Å²) >= 11 is 0. The molecule has 1 aliphatic heterocycles. The number of aryl methyl sites for hydroxylation is 1. The fourth-order valence-electron chi connectivity index (χ4n) is 1.71. The molecule has 0 atom stereocenters. The quantitative estimate of drug-likeness (QED) is 0.541. The monoisotopic (exact) mass is 250 g/mol. The van der Waals surface area contributed by atoms with E-state index in [-0.39, 0.29) is 32.7 Å². The van der Waals surface area contributed by atoms with E-state index in [1.807, 2.05) is 6.54 Å². The van der Waals surface area contributed by atoms with Crippen molar-refractivity contribution in [1.29, 1.82) is 0 Å². The molecule has 1 aromatic rings. The van der Waals surface area contributed by atoms with Gasteiger partial charge in [-0.3, -0.25) is 0 Å². The molecule has 0 bridgehead atoms. The second-order valence-corrected chi connectivity index (χ2v) is 3.33. The average molecular weight is 250 g/mol. The van der Waals surface area contributed by atoms with Gasteiger partial charge < -0.3 is 11.1 Å². The van der Waals surface area contributed by atoms with E-state index in [4.69, 9.17) is 5.73 Å². The summed E-state index contributed by atoms with van der Waals surface area (Å²) < 4.78 is 0. The third-order valence-electron chi connectivity index (χ3n) is 2.51. The average Bonchev–Trinajstić information content (AvgIpc) is 2.48. The van der Waals surface area contributed by atoms with E-state index >= 15 is 0 Å². The molecule has 1 aliphatic rings. The first kappa shape index (κ1) is 11.0. The molecular formula is C10H13N2Y+2. The van der Waals surface area contributed by atoms with Gasteiger partial charge in [0, 0.05) is 0 Å². The van der Waals surface area contributed by atoms with Gasteiger partial charge in [0.05, 0.1) is 0 Å². The molecule has 1 aromatic carbocycles. The molecule has 3 heteroatoms. The van der Waals surface area contributed by atoms with Crippen LogP contribution in [0, 0.1) is 20.4 Å². The van der Waals surface area contributed by atoms with Crippen LogP contribution in [0.2, 0.25) is 0 Å². The molecule has 64 valence electrons. The van der Waals surface area contributed by atoms with Crippen LogP contribution in [0.3, 0.4) is 0 Å². The molecule has 0 unspecified atom stereocenters. The van der Waals surface area contributed by atoms with E-state index in [2.05, 4.69) is 25.2 Å². The zero-order chi connectivity index (χ0) is 8.72. The smallest absolute Gasteiger partial charge is 0.408 e. The summed E-state index contributed by atoms with van der Waals surface area (Å²) in [7, 11) is 0. The largest absolute Gasteiger partial charge is 3.00 e. The van der Waals surface area contributed by atoms with Gasteiger partial charge in [-0.15, -0.1) is 23.7 Å². The SMILES string of the molecule is Cc1cc2c(c(C)c1N)[CH-]NC2.[Y+3]. The number of benzene rings is 1. The summed E-state index contributed by atoms with van der Waals surface area (Å²) in [6.07, 6.45) is 0. The van der Waals surface area contributed by atoms with Crippen LogP contribution in [0.4, 0.5) is 5.69 Å². The maximum absolute atomic E-state index is 5.91. The summed E-state index contributed by atoms with van der Waals surface area (Å²) in [5.41, 5.74) is 11.9. The van der Waals surface area contributed by atoms with Gasteiger partial charge in [-0.05, 0) is 19.2 Å². The summed E-state index contributed by atoms with van der Waals surface area (Å²) in [5, 5.41) is 3.20. The number of anilines is 1. The third kappa shape index (κ3) is 1.76. The van der Waals surface area contributed by atoms with Crippen molar-refractivity contribution < 1.29 is 32.7 Å². The van der Waals surface area contributed by atoms with Crippen molar-refractivity contribution in [2.45, 2.75) is 20.4 Å². The third-order valence-corrected chi connectivity index (χ3v) is 2.51. The molecule has 0 radical (unpaired) electrons. The molecule has 0 aliphatic carbocycles. The molecule has 2 nitrogen and oxygen atoms in total. The molecule has 0 saturated carbocycles. The van der Waals surface area contributed by atoms with Gasteiger partial charge in [0.2, 0.25) is 0 Å². The number of nitrogens with two attached hydrogens (primary N) is 1. The minimum Gasteiger partial charge on any atom is -0.408 e. The summed E-state index contributed by atoms with van der Waals surface area (Å²) in [4.78, 5) is 0. The number of fused-ring (bicyclic) bond motifs is 1. The van der Waals surface area contributed by atoms with Crippen LogP contribution < -0.4 is 11.1 Å². The van der Waals surface area contributed by atoms with E-state index in [9.17, 15) is 0 Å². The fraction of sp³-hybridized carbons (Fsp3) is 0.300. The van der Waals surface area contributed by atoms with Gasteiger partial charge in [0.1, 0.15) is 0 Å². The molecule has 0 aromatic heterocycles. The molecule has 3 N–H and O–H groups in total. The Kier molecular flexibility index (Phi) is 3.39. The topological polar surface area (TPSA) is 38.0 Å². The van der Waals surface area contributed by atoms with E-state index in [1.54, 1.807) is 0 Å². The Hall–Kier alpha value is -0.0461. The maximum Gasteiger partial charge on any atom is 3.00 e. The Morgan fingerprint density at radius 3 is 2.85 bits per heavy atom. The first-order valence-corrected chi connectivity index (χ1v) is 4.15. The van der Waals surface area contributed by atoms with Gasteiger partial charge in [0.15, 0.2) is 0 Å². The zero-order valence-electron chi connectivity index (χ0n) is 8.02. The predicted molar refractivity (Wildman–Crippen MR) is 50.6 cm³/mol. The number of nitrogens with one attached hydrogen (secondary N) is 1. The fourth-order valence-corrected chi connectivity index (χ4v) is 1.71. The van der Waals surface area contributed by atoms with Gasteiger partial charge in [-0.2, -0.15) is 5.56 Å². The number of nitrogen functional groups attached to an aromatic ring is 1. The Labute approximate surface area is 104 Å². The van der Waals surface area contributed by atoms with Crippen molar-refractivity contribution in [3.8, 4) is 0 Å². The molecule has 0 fully saturated rings. The predicted octanol–water partition coefficient (Wildman–Crippen LogP) is 1.50. The van der Waals surface area contributed by atoms with Gasteiger partial charge in [-0.1, -0.05) is 12.5 Å². The van der Waals surface area contributed by atoms with Crippen LogP contribution in [-0.2, 0) is 39.3 Å². The minimum absolute atomic E-state index is 0. The van der Waals surface area contributed by atoms with Crippen LogP contribution in [0.25, 0.3) is 0 Å². The second kappa shape index (κ2) is 3.99. The number of hydrogen-bond acceptors (Lipinski definition) is 2. The molecule has 0 amide bonds. The van der Waals surface area contributed by atoms with Crippen LogP contribution in [0.5, 0.6) is 0 Å². The zero-order valence-corrected chi connectivity index (χ0v) is 10.9. The number of hydrogen-bond donors (Lipinski definition) is 2. The molecular weight excluding hydrogens is 237 g/mol. The van der Waals surface area contributed by atoms with E-state index in [1.165, 1.54) is 22.3 Å². The Morgan fingerprint density at radius 2 is 2.15 bits per heavy atom. The summed E-state index contributed by atoms with van der Waals surface area (Å²) in [5.74, 6) is 0. The first-order chi connectivity index (χ1) is 5.70. The summed E-state index contributed by atoms with van der Waals surface area (Å²) in [6.45, 7) is 7.11. The molecule has 1 heterocycles. The summed E-state index contributed by atoms with van der Waals surface area (Å²) in [6, 6.07) is 2.16. The Balaban J connectivity index is 0.000000845. The van der Waals surface area contributed by atoms with Crippen LogP contribution in [0.15, 0.2) is 6.07 Å². The first-order valence-electron chi connectivity index (χ1n) is 4.15. The van der Waals surface area contributed by atoms with Crippen LogP contribution >= 0.6 is 0 Å². The van der Waals surface area contributed by atoms with Crippen molar-refractivity contribution in [3.05, 3.63) is 34.9 Å². The maximum atomic E-state index is 5.91. The van der Waals surface area contributed by atoms with Crippen molar-refractivity contribution in [3.63, 3.8) is 0 Å². The molecule has 0 spiro atoms. The van der Waals surface area contributed by atoms with E-state index in [0.29, 0.717) is 0 Å². The van der Waals surface area contributed by atoms with Gasteiger partial charge in [-0.25, -0.2) is 0 Å².